The second kappa shape index (κ2) is 4.73. The predicted octanol–water partition coefficient (Wildman–Crippen LogP) is 2.18. The Kier molecular flexibility index (Phi) is 3.51. The third-order valence-corrected chi connectivity index (χ3v) is 4.00. The lowest BCUT2D eigenvalue weighted by Gasteiger charge is -2.49. The number of nitriles is 1. The molecular formula is C13H22N2O. The molecule has 0 amide bonds. The van der Waals surface area contributed by atoms with E-state index in [0.717, 1.165) is 26.2 Å². The summed E-state index contributed by atoms with van der Waals surface area (Å²) in [6.07, 6.45) is 4.76. The summed E-state index contributed by atoms with van der Waals surface area (Å²) in [5, 5.41) is 9.25. The fourth-order valence-corrected chi connectivity index (χ4v) is 3.12. The molecular weight excluding hydrogens is 200 g/mol. The van der Waals surface area contributed by atoms with E-state index in [2.05, 4.69) is 24.8 Å². The SMILES string of the molecule is CC1(C)COCCN1C1CCCCC1C#N. The summed E-state index contributed by atoms with van der Waals surface area (Å²) in [5.74, 6) is 0.228. The Bertz CT molecular complexity index is 282. The molecule has 90 valence electrons. The van der Waals surface area contributed by atoms with Gasteiger partial charge in [0.15, 0.2) is 0 Å². The van der Waals surface area contributed by atoms with Crippen LogP contribution in [-0.4, -0.2) is 36.2 Å². The lowest BCUT2D eigenvalue weighted by Crippen LogP contribution is -2.59. The highest BCUT2D eigenvalue weighted by atomic mass is 16.5. The van der Waals surface area contributed by atoms with E-state index >= 15 is 0 Å². The van der Waals surface area contributed by atoms with Crippen LogP contribution < -0.4 is 0 Å². The van der Waals surface area contributed by atoms with Crippen LogP contribution >= 0.6 is 0 Å². The maximum absolute atomic E-state index is 9.25. The van der Waals surface area contributed by atoms with Gasteiger partial charge in [-0.3, -0.25) is 4.90 Å². The van der Waals surface area contributed by atoms with Gasteiger partial charge in [-0.1, -0.05) is 12.8 Å². The number of morpholine rings is 1. The lowest BCUT2D eigenvalue weighted by molar-refractivity contribution is -0.0845. The first-order chi connectivity index (χ1) is 7.65. The molecule has 3 heteroatoms. The van der Waals surface area contributed by atoms with Gasteiger partial charge in [0.2, 0.25) is 0 Å². The normalized spacial score (nSPS) is 35.6. The molecule has 1 heterocycles. The van der Waals surface area contributed by atoms with Gasteiger partial charge < -0.3 is 4.74 Å². The van der Waals surface area contributed by atoms with Crippen molar-refractivity contribution in [3.05, 3.63) is 0 Å². The summed E-state index contributed by atoms with van der Waals surface area (Å²) in [7, 11) is 0. The molecule has 0 aromatic heterocycles. The van der Waals surface area contributed by atoms with E-state index < -0.39 is 0 Å². The van der Waals surface area contributed by atoms with Crippen molar-refractivity contribution < 1.29 is 4.74 Å². The fourth-order valence-electron chi connectivity index (χ4n) is 3.12. The summed E-state index contributed by atoms with van der Waals surface area (Å²) >= 11 is 0. The van der Waals surface area contributed by atoms with E-state index in [0.29, 0.717) is 6.04 Å². The summed E-state index contributed by atoms with van der Waals surface area (Å²) in [6, 6.07) is 2.96. The Morgan fingerprint density at radius 2 is 2.06 bits per heavy atom. The van der Waals surface area contributed by atoms with Crippen LogP contribution in [0.1, 0.15) is 39.5 Å². The Hall–Kier alpha value is -0.590. The molecule has 2 unspecified atom stereocenters. The molecule has 16 heavy (non-hydrogen) atoms. The highest BCUT2D eigenvalue weighted by Gasteiger charge is 2.39. The van der Waals surface area contributed by atoms with Crippen molar-refractivity contribution in [1.82, 2.24) is 4.90 Å². The van der Waals surface area contributed by atoms with E-state index in [1.54, 1.807) is 0 Å². The van der Waals surface area contributed by atoms with Crippen molar-refractivity contribution in [3.8, 4) is 6.07 Å². The first-order valence-electron chi connectivity index (χ1n) is 6.39. The number of hydrogen-bond acceptors (Lipinski definition) is 3. The molecule has 0 radical (unpaired) electrons. The average Bonchev–Trinajstić information content (AvgIpc) is 2.28. The first-order valence-corrected chi connectivity index (χ1v) is 6.39. The molecule has 1 aliphatic heterocycles. The minimum Gasteiger partial charge on any atom is -0.378 e. The van der Waals surface area contributed by atoms with Crippen LogP contribution in [0.5, 0.6) is 0 Å². The number of rotatable bonds is 1. The molecule has 0 aromatic rings. The summed E-state index contributed by atoms with van der Waals surface area (Å²) in [4.78, 5) is 2.52. The van der Waals surface area contributed by atoms with Gasteiger partial charge in [-0.05, 0) is 26.7 Å². The Morgan fingerprint density at radius 3 is 2.75 bits per heavy atom. The predicted molar refractivity (Wildman–Crippen MR) is 63.0 cm³/mol. The van der Waals surface area contributed by atoms with E-state index in [1.165, 1.54) is 19.3 Å². The maximum atomic E-state index is 9.25. The lowest BCUT2D eigenvalue weighted by atomic mass is 9.82. The zero-order valence-corrected chi connectivity index (χ0v) is 10.4. The quantitative estimate of drug-likeness (QED) is 0.682. The number of ether oxygens (including phenoxy) is 1. The highest BCUT2D eigenvalue weighted by molar-refractivity contribution is 5.00. The molecule has 2 atom stereocenters. The van der Waals surface area contributed by atoms with Gasteiger partial charge in [-0.25, -0.2) is 0 Å². The van der Waals surface area contributed by atoms with Crippen LogP contribution in [0, 0.1) is 17.2 Å². The molecule has 1 saturated heterocycles. The molecule has 3 nitrogen and oxygen atoms in total. The molecule has 2 fully saturated rings. The van der Waals surface area contributed by atoms with E-state index in [9.17, 15) is 5.26 Å². The Balaban J connectivity index is 2.12. The van der Waals surface area contributed by atoms with E-state index in [-0.39, 0.29) is 11.5 Å². The molecule has 1 aliphatic carbocycles. The minimum atomic E-state index is 0.0926. The molecule has 1 saturated carbocycles. The van der Waals surface area contributed by atoms with Gasteiger partial charge in [0.1, 0.15) is 0 Å². The van der Waals surface area contributed by atoms with Crippen molar-refractivity contribution in [3.63, 3.8) is 0 Å². The zero-order chi connectivity index (χ0) is 11.6. The monoisotopic (exact) mass is 222 g/mol. The van der Waals surface area contributed by atoms with Gasteiger partial charge >= 0.3 is 0 Å². The minimum absolute atomic E-state index is 0.0926. The van der Waals surface area contributed by atoms with Gasteiger partial charge in [0, 0.05) is 18.1 Å². The van der Waals surface area contributed by atoms with E-state index in [4.69, 9.17) is 4.74 Å². The maximum Gasteiger partial charge on any atom is 0.0672 e. The molecule has 0 bridgehead atoms. The van der Waals surface area contributed by atoms with Crippen molar-refractivity contribution in [2.24, 2.45) is 5.92 Å². The summed E-state index contributed by atoms with van der Waals surface area (Å²) in [5.41, 5.74) is 0.0926. The van der Waals surface area contributed by atoms with Gasteiger partial charge in [0.25, 0.3) is 0 Å². The topological polar surface area (TPSA) is 36.3 Å². The number of hydrogen-bond donors (Lipinski definition) is 0. The van der Waals surface area contributed by atoms with Gasteiger partial charge in [0.05, 0.1) is 25.2 Å². The second-order valence-corrected chi connectivity index (χ2v) is 5.65. The third kappa shape index (κ3) is 2.23. The molecule has 2 aliphatic rings. The van der Waals surface area contributed by atoms with E-state index in [1.807, 2.05) is 0 Å². The molecule has 0 N–H and O–H groups in total. The molecule has 0 aromatic carbocycles. The smallest absolute Gasteiger partial charge is 0.0672 e. The van der Waals surface area contributed by atoms with Crippen LogP contribution in [0.15, 0.2) is 0 Å². The second-order valence-electron chi connectivity index (χ2n) is 5.65. The summed E-state index contributed by atoms with van der Waals surface area (Å²) < 4.78 is 5.55. The highest BCUT2D eigenvalue weighted by Crippen LogP contribution is 2.33. The van der Waals surface area contributed by atoms with Crippen LogP contribution in [0.25, 0.3) is 0 Å². The van der Waals surface area contributed by atoms with Crippen molar-refractivity contribution in [2.45, 2.75) is 51.1 Å². The average molecular weight is 222 g/mol. The fraction of sp³-hybridized carbons (Fsp3) is 0.923. The Labute approximate surface area is 98.4 Å². The van der Waals surface area contributed by atoms with Gasteiger partial charge in [-0.15, -0.1) is 0 Å². The Morgan fingerprint density at radius 1 is 1.31 bits per heavy atom. The summed E-state index contributed by atoms with van der Waals surface area (Å²) in [6.45, 7) is 7.06. The van der Waals surface area contributed by atoms with Crippen molar-refractivity contribution >= 4 is 0 Å². The number of nitrogens with zero attached hydrogens (tertiary/aromatic N) is 2. The molecule has 2 rings (SSSR count). The largest absolute Gasteiger partial charge is 0.378 e. The van der Waals surface area contributed by atoms with Gasteiger partial charge in [-0.2, -0.15) is 5.26 Å². The van der Waals surface area contributed by atoms with Crippen LogP contribution in [0.3, 0.4) is 0 Å². The first kappa shape index (κ1) is 11.9. The zero-order valence-electron chi connectivity index (χ0n) is 10.4. The molecule has 0 spiro atoms. The van der Waals surface area contributed by atoms with Crippen LogP contribution in [-0.2, 0) is 4.74 Å². The van der Waals surface area contributed by atoms with Crippen LogP contribution in [0.2, 0.25) is 0 Å². The standard InChI is InChI=1S/C13H22N2O/c1-13(2)10-16-8-7-15(13)12-6-4-3-5-11(12)9-14/h11-12H,3-8,10H2,1-2H3. The van der Waals surface area contributed by atoms with Crippen molar-refractivity contribution in [2.75, 3.05) is 19.8 Å². The van der Waals surface area contributed by atoms with Crippen molar-refractivity contribution in [1.29, 1.82) is 5.26 Å². The third-order valence-electron chi connectivity index (χ3n) is 4.00. The van der Waals surface area contributed by atoms with Crippen LogP contribution in [0.4, 0.5) is 0 Å².